The van der Waals surface area contributed by atoms with Crippen LogP contribution < -0.4 is 9.64 Å². The van der Waals surface area contributed by atoms with Gasteiger partial charge in [-0.1, -0.05) is 59.6 Å². The van der Waals surface area contributed by atoms with Crippen LogP contribution in [0.3, 0.4) is 0 Å². The van der Waals surface area contributed by atoms with Gasteiger partial charge in [-0.15, -0.1) is 0 Å². The zero-order valence-corrected chi connectivity index (χ0v) is 21.6. The average molecular weight is 526 g/mol. The van der Waals surface area contributed by atoms with E-state index in [0.29, 0.717) is 41.1 Å². The number of ether oxygens (including phenoxy) is 1. The number of β-amino-alcohol motifs (C(OH)–C–C–N with tert-alkyl or cyclic N) is 1. The molecule has 3 aromatic carbocycles. The number of aliphatic hydroxyl groups excluding tert-OH is 1. The van der Waals surface area contributed by atoms with Crippen molar-refractivity contribution >= 4 is 34.6 Å². The van der Waals surface area contributed by atoms with Crippen LogP contribution >= 0.6 is 23.2 Å². The molecule has 0 spiro atoms. The Hall–Kier alpha value is -2.79. The Bertz CT molecular complexity index is 1210. The highest BCUT2D eigenvalue weighted by Crippen LogP contribution is 2.38. The van der Waals surface area contributed by atoms with Gasteiger partial charge in [0.05, 0.1) is 35.5 Å². The van der Waals surface area contributed by atoms with Crippen molar-refractivity contribution < 1.29 is 14.9 Å². The van der Waals surface area contributed by atoms with Crippen LogP contribution in [-0.4, -0.2) is 54.5 Å². The SMILES string of the molecule is [C-]#[N+]c1ccc([C@](C)(O)CN2CCN(c3ccc(OCCO)cc3Cl)[C@H](c3ccc(Cl)cc3)C2)cc1. The summed E-state index contributed by atoms with van der Waals surface area (Å²) in [6.07, 6.45) is 0. The van der Waals surface area contributed by atoms with Crippen LogP contribution in [0.2, 0.25) is 10.0 Å². The van der Waals surface area contributed by atoms with Crippen LogP contribution in [0.4, 0.5) is 11.4 Å². The molecule has 36 heavy (non-hydrogen) atoms. The minimum atomic E-state index is -1.07. The molecule has 0 bridgehead atoms. The molecule has 6 nitrogen and oxygen atoms in total. The summed E-state index contributed by atoms with van der Waals surface area (Å²) in [5.74, 6) is 0.611. The number of aliphatic hydroxyl groups is 2. The third-order valence-electron chi connectivity index (χ3n) is 6.46. The summed E-state index contributed by atoms with van der Waals surface area (Å²) in [5, 5.41) is 21.6. The fourth-order valence-corrected chi connectivity index (χ4v) is 5.04. The topological polar surface area (TPSA) is 60.5 Å². The molecule has 1 aliphatic heterocycles. The number of hydrogen-bond donors (Lipinski definition) is 2. The molecule has 1 saturated heterocycles. The smallest absolute Gasteiger partial charge is 0.187 e. The summed E-state index contributed by atoms with van der Waals surface area (Å²) in [5.41, 5.74) is 2.25. The van der Waals surface area contributed by atoms with E-state index in [-0.39, 0.29) is 19.3 Å². The molecule has 2 N–H and O–H groups in total. The second kappa shape index (κ2) is 11.5. The molecular weight excluding hydrogens is 497 g/mol. The van der Waals surface area contributed by atoms with Crippen molar-refractivity contribution in [2.24, 2.45) is 0 Å². The van der Waals surface area contributed by atoms with Crippen molar-refractivity contribution in [2.75, 3.05) is 44.3 Å². The van der Waals surface area contributed by atoms with Crippen molar-refractivity contribution in [1.29, 1.82) is 0 Å². The van der Waals surface area contributed by atoms with Crippen LogP contribution in [0.15, 0.2) is 66.7 Å². The first kappa shape index (κ1) is 26.3. The van der Waals surface area contributed by atoms with Crippen molar-refractivity contribution in [3.8, 4) is 5.75 Å². The molecule has 4 rings (SSSR count). The Morgan fingerprint density at radius 3 is 2.42 bits per heavy atom. The molecular formula is C28H29Cl2N3O3. The van der Waals surface area contributed by atoms with Crippen molar-refractivity contribution in [1.82, 2.24) is 4.90 Å². The lowest BCUT2D eigenvalue weighted by Crippen LogP contribution is -2.52. The molecule has 188 valence electrons. The van der Waals surface area contributed by atoms with Gasteiger partial charge in [-0.25, -0.2) is 4.85 Å². The van der Waals surface area contributed by atoms with Gasteiger partial charge in [0.1, 0.15) is 12.4 Å². The minimum Gasteiger partial charge on any atom is -0.491 e. The van der Waals surface area contributed by atoms with Gasteiger partial charge in [-0.05, 0) is 42.3 Å². The van der Waals surface area contributed by atoms with Crippen molar-refractivity contribution in [2.45, 2.75) is 18.6 Å². The predicted molar refractivity (Wildman–Crippen MR) is 144 cm³/mol. The fourth-order valence-electron chi connectivity index (χ4n) is 4.64. The molecule has 0 unspecified atom stereocenters. The molecule has 2 atom stereocenters. The molecule has 0 radical (unpaired) electrons. The van der Waals surface area contributed by atoms with Crippen LogP contribution in [-0.2, 0) is 5.60 Å². The number of piperazine rings is 1. The number of nitrogens with zero attached hydrogens (tertiary/aromatic N) is 3. The van der Waals surface area contributed by atoms with E-state index in [0.717, 1.165) is 23.4 Å². The average Bonchev–Trinajstić information content (AvgIpc) is 2.88. The zero-order chi connectivity index (χ0) is 25.7. The van der Waals surface area contributed by atoms with Gasteiger partial charge in [-0.2, -0.15) is 0 Å². The van der Waals surface area contributed by atoms with Crippen LogP contribution in [0.25, 0.3) is 4.85 Å². The van der Waals surface area contributed by atoms with Gasteiger partial charge in [0.15, 0.2) is 5.69 Å². The van der Waals surface area contributed by atoms with Gasteiger partial charge in [-0.3, -0.25) is 4.90 Å². The highest BCUT2D eigenvalue weighted by Gasteiger charge is 2.34. The standard InChI is InChI=1S/C28H29Cl2N3O3/c1-28(35,21-5-9-23(31-2)10-6-21)19-32-13-14-33(27(18-32)20-3-7-22(29)8-4-20)26-12-11-24(17-25(26)30)36-16-15-34/h3-12,17,27,34-35H,13-16,18-19H2,1H3/t27-,28+/m0/s1. The van der Waals surface area contributed by atoms with E-state index >= 15 is 0 Å². The maximum Gasteiger partial charge on any atom is 0.187 e. The second-order valence-electron chi connectivity index (χ2n) is 9.11. The number of halogens is 2. The number of rotatable bonds is 8. The minimum absolute atomic E-state index is 0.0157. The lowest BCUT2D eigenvalue weighted by Gasteiger charge is -2.45. The molecule has 3 aromatic rings. The van der Waals surface area contributed by atoms with Crippen molar-refractivity contribution in [3.05, 3.63) is 99.3 Å². The van der Waals surface area contributed by atoms with Gasteiger partial charge in [0, 0.05) is 37.3 Å². The van der Waals surface area contributed by atoms with Gasteiger partial charge >= 0.3 is 0 Å². The van der Waals surface area contributed by atoms with Crippen LogP contribution in [0.1, 0.15) is 24.1 Å². The third-order valence-corrected chi connectivity index (χ3v) is 7.01. The largest absolute Gasteiger partial charge is 0.491 e. The van der Waals surface area contributed by atoms with Gasteiger partial charge in [0.25, 0.3) is 0 Å². The monoisotopic (exact) mass is 525 g/mol. The zero-order valence-electron chi connectivity index (χ0n) is 20.1. The molecule has 1 heterocycles. The molecule has 0 aromatic heterocycles. The number of anilines is 1. The fraction of sp³-hybridized carbons (Fsp3) is 0.321. The lowest BCUT2D eigenvalue weighted by molar-refractivity contribution is 0.0103. The number of hydrogen-bond acceptors (Lipinski definition) is 5. The Morgan fingerprint density at radius 2 is 1.78 bits per heavy atom. The highest BCUT2D eigenvalue weighted by atomic mass is 35.5. The molecule has 1 fully saturated rings. The Labute approximate surface area is 222 Å². The summed E-state index contributed by atoms with van der Waals surface area (Å²) in [6.45, 7) is 11.7. The highest BCUT2D eigenvalue weighted by molar-refractivity contribution is 6.33. The molecule has 0 saturated carbocycles. The summed E-state index contributed by atoms with van der Waals surface area (Å²) >= 11 is 12.9. The van der Waals surface area contributed by atoms with E-state index in [9.17, 15) is 5.11 Å². The first-order valence-electron chi connectivity index (χ1n) is 11.8. The maximum absolute atomic E-state index is 11.3. The Balaban J connectivity index is 1.58. The van der Waals surface area contributed by atoms with E-state index in [4.69, 9.17) is 39.6 Å². The molecule has 1 aliphatic rings. The van der Waals surface area contributed by atoms with Gasteiger partial charge < -0.3 is 19.8 Å². The van der Waals surface area contributed by atoms with Gasteiger partial charge in [0.2, 0.25) is 0 Å². The first-order chi connectivity index (χ1) is 17.3. The predicted octanol–water partition coefficient (Wildman–Crippen LogP) is 5.69. The molecule has 8 heteroatoms. The van der Waals surface area contributed by atoms with E-state index in [1.807, 2.05) is 55.5 Å². The lowest BCUT2D eigenvalue weighted by atomic mass is 9.93. The van der Waals surface area contributed by atoms with Crippen molar-refractivity contribution in [3.63, 3.8) is 0 Å². The maximum atomic E-state index is 11.3. The number of benzene rings is 3. The van der Waals surface area contributed by atoms with Crippen LogP contribution in [0.5, 0.6) is 5.75 Å². The van der Waals surface area contributed by atoms with E-state index in [2.05, 4.69) is 14.6 Å². The first-order valence-corrected chi connectivity index (χ1v) is 12.5. The Kier molecular flexibility index (Phi) is 8.40. The summed E-state index contributed by atoms with van der Waals surface area (Å²) < 4.78 is 5.51. The second-order valence-corrected chi connectivity index (χ2v) is 9.96. The summed E-state index contributed by atoms with van der Waals surface area (Å²) in [6, 6.07) is 20.5. The van der Waals surface area contributed by atoms with Crippen LogP contribution in [0, 0.1) is 6.57 Å². The Morgan fingerprint density at radius 1 is 1.06 bits per heavy atom. The summed E-state index contributed by atoms with van der Waals surface area (Å²) in [7, 11) is 0. The molecule has 0 amide bonds. The van der Waals surface area contributed by atoms with E-state index in [1.165, 1.54) is 0 Å². The third kappa shape index (κ3) is 6.12. The molecule has 0 aliphatic carbocycles. The van der Waals surface area contributed by atoms with E-state index < -0.39 is 5.60 Å². The quantitative estimate of drug-likeness (QED) is 0.370. The normalized spacial score (nSPS) is 17.9. The summed E-state index contributed by atoms with van der Waals surface area (Å²) in [4.78, 5) is 7.97. The van der Waals surface area contributed by atoms with E-state index in [1.54, 1.807) is 18.2 Å².